The third-order valence-corrected chi connectivity index (χ3v) is 3.93. The SMILES string of the molecule is COc1cc(NC(=O)C(C)(N)C2CC2)c(OC)cc1Cl. The van der Waals surface area contributed by atoms with Crippen LogP contribution in [0.2, 0.25) is 5.02 Å². The number of hydrogen-bond acceptors (Lipinski definition) is 4. The van der Waals surface area contributed by atoms with E-state index in [9.17, 15) is 4.79 Å². The van der Waals surface area contributed by atoms with Crippen molar-refractivity contribution >= 4 is 23.2 Å². The molecule has 2 rings (SSSR count). The van der Waals surface area contributed by atoms with Crippen LogP contribution in [0.1, 0.15) is 19.8 Å². The van der Waals surface area contributed by atoms with Gasteiger partial charge in [-0.25, -0.2) is 0 Å². The van der Waals surface area contributed by atoms with Crippen molar-refractivity contribution in [3.63, 3.8) is 0 Å². The quantitative estimate of drug-likeness (QED) is 0.875. The molecule has 0 spiro atoms. The van der Waals surface area contributed by atoms with E-state index in [-0.39, 0.29) is 11.8 Å². The number of ether oxygens (including phenoxy) is 2. The van der Waals surface area contributed by atoms with Gasteiger partial charge < -0.3 is 20.5 Å². The number of hydrogen-bond donors (Lipinski definition) is 2. The molecule has 1 aromatic carbocycles. The van der Waals surface area contributed by atoms with Crippen LogP contribution in [0.15, 0.2) is 12.1 Å². The highest BCUT2D eigenvalue weighted by atomic mass is 35.5. The molecule has 3 N–H and O–H groups in total. The predicted molar refractivity (Wildman–Crippen MR) is 78.5 cm³/mol. The molecule has 0 aliphatic heterocycles. The van der Waals surface area contributed by atoms with Gasteiger partial charge in [-0.15, -0.1) is 0 Å². The molecule has 110 valence electrons. The molecule has 1 fully saturated rings. The van der Waals surface area contributed by atoms with Crippen LogP contribution in [-0.4, -0.2) is 25.7 Å². The van der Waals surface area contributed by atoms with Crippen molar-refractivity contribution in [2.75, 3.05) is 19.5 Å². The monoisotopic (exact) mass is 298 g/mol. The summed E-state index contributed by atoms with van der Waals surface area (Å²) in [6, 6.07) is 3.23. The van der Waals surface area contributed by atoms with Crippen molar-refractivity contribution in [2.24, 2.45) is 11.7 Å². The highest BCUT2D eigenvalue weighted by Crippen LogP contribution is 2.40. The van der Waals surface area contributed by atoms with Gasteiger partial charge in [-0.3, -0.25) is 4.79 Å². The minimum absolute atomic E-state index is 0.234. The Labute approximate surface area is 123 Å². The molecule has 0 saturated heterocycles. The number of rotatable bonds is 5. The maximum absolute atomic E-state index is 12.3. The maximum atomic E-state index is 12.3. The van der Waals surface area contributed by atoms with Gasteiger partial charge in [0.05, 0.1) is 30.5 Å². The summed E-state index contributed by atoms with van der Waals surface area (Å²) in [5.41, 5.74) is 5.71. The lowest BCUT2D eigenvalue weighted by atomic mass is 9.96. The molecule has 1 unspecified atom stereocenters. The lowest BCUT2D eigenvalue weighted by Gasteiger charge is -2.24. The van der Waals surface area contributed by atoms with Gasteiger partial charge in [0.2, 0.25) is 5.91 Å². The van der Waals surface area contributed by atoms with Crippen LogP contribution in [0, 0.1) is 5.92 Å². The Kier molecular flexibility index (Phi) is 4.11. The number of anilines is 1. The van der Waals surface area contributed by atoms with E-state index >= 15 is 0 Å². The average Bonchev–Trinajstić information content (AvgIpc) is 3.24. The van der Waals surface area contributed by atoms with E-state index in [1.54, 1.807) is 19.1 Å². The number of amides is 1. The molecule has 6 heteroatoms. The summed E-state index contributed by atoms with van der Waals surface area (Å²) >= 11 is 6.02. The summed E-state index contributed by atoms with van der Waals surface area (Å²) in [4.78, 5) is 12.3. The maximum Gasteiger partial charge on any atom is 0.244 e. The molecule has 0 bridgehead atoms. The first-order valence-corrected chi connectivity index (χ1v) is 6.79. The molecular formula is C14H19ClN2O3. The van der Waals surface area contributed by atoms with E-state index in [0.717, 1.165) is 12.8 Å². The Hall–Kier alpha value is -1.46. The first-order valence-electron chi connectivity index (χ1n) is 6.42. The lowest BCUT2D eigenvalue weighted by molar-refractivity contribution is -0.121. The molecule has 0 radical (unpaired) electrons. The Morgan fingerprint density at radius 2 is 1.95 bits per heavy atom. The molecule has 1 atom stereocenters. The number of nitrogens with two attached hydrogens (primary N) is 1. The highest BCUT2D eigenvalue weighted by molar-refractivity contribution is 6.32. The molecular weight excluding hydrogens is 280 g/mol. The first-order chi connectivity index (χ1) is 9.40. The van der Waals surface area contributed by atoms with Crippen LogP contribution in [0.25, 0.3) is 0 Å². The Morgan fingerprint density at radius 3 is 2.45 bits per heavy atom. The molecule has 1 aliphatic rings. The van der Waals surface area contributed by atoms with Gasteiger partial charge in [-0.1, -0.05) is 11.6 Å². The fourth-order valence-corrected chi connectivity index (χ4v) is 2.31. The fourth-order valence-electron chi connectivity index (χ4n) is 2.08. The normalized spacial score (nSPS) is 17.2. The fraction of sp³-hybridized carbons (Fsp3) is 0.500. The van der Waals surface area contributed by atoms with Crippen LogP contribution >= 0.6 is 11.6 Å². The molecule has 1 amide bonds. The summed E-state index contributed by atoms with van der Waals surface area (Å²) in [5.74, 6) is 0.939. The third-order valence-electron chi connectivity index (χ3n) is 3.64. The minimum atomic E-state index is -0.877. The first kappa shape index (κ1) is 14.9. The number of halogens is 1. The summed E-state index contributed by atoms with van der Waals surface area (Å²) < 4.78 is 10.4. The molecule has 1 aromatic rings. The van der Waals surface area contributed by atoms with Crippen molar-refractivity contribution in [1.29, 1.82) is 0 Å². The van der Waals surface area contributed by atoms with E-state index in [1.165, 1.54) is 14.2 Å². The largest absolute Gasteiger partial charge is 0.495 e. The van der Waals surface area contributed by atoms with Gasteiger partial charge >= 0.3 is 0 Å². The second-order valence-electron chi connectivity index (χ2n) is 5.20. The van der Waals surface area contributed by atoms with Crippen molar-refractivity contribution in [3.8, 4) is 11.5 Å². The van der Waals surface area contributed by atoms with E-state index in [0.29, 0.717) is 22.2 Å². The molecule has 5 nitrogen and oxygen atoms in total. The average molecular weight is 299 g/mol. The van der Waals surface area contributed by atoms with Crippen LogP contribution < -0.4 is 20.5 Å². The smallest absolute Gasteiger partial charge is 0.244 e. The highest BCUT2D eigenvalue weighted by Gasteiger charge is 2.44. The van der Waals surface area contributed by atoms with Gasteiger partial charge in [0.15, 0.2) is 0 Å². The van der Waals surface area contributed by atoms with Crippen LogP contribution in [0.3, 0.4) is 0 Å². The number of methoxy groups -OCH3 is 2. The summed E-state index contributed by atoms with van der Waals surface area (Å²) in [5, 5.41) is 3.21. The van der Waals surface area contributed by atoms with Gasteiger partial charge in [-0.05, 0) is 25.7 Å². The van der Waals surface area contributed by atoms with E-state index in [2.05, 4.69) is 5.32 Å². The topological polar surface area (TPSA) is 73.6 Å². The third kappa shape index (κ3) is 2.83. The Morgan fingerprint density at radius 1 is 1.35 bits per heavy atom. The van der Waals surface area contributed by atoms with Crippen molar-refractivity contribution in [3.05, 3.63) is 17.2 Å². The number of benzene rings is 1. The molecule has 0 aromatic heterocycles. The van der Waals surface area contributed by atoms with Gasteiger partial charge in [-0.2, -0.15) is 0 Å². The molecule has 20 heavy (non-hydrogen) atoms. The predicted octanol–water partition coefficient (Wildman–Crippen LogP) is 2.42. The van der Waals surface area contributed by atoms with Crippen LogP contribution in [-0.2, 0) is 4.79 Å². The minimum Gasteiger partial charge on any atom is -0.495 e. The van der Waals surface area contributed by atoms with Crippen LogP contribution in [0.5, 0.6) is 11.5 Å². The van der Waals surface area contributed by atoms with E-state index in [4.69, 9.17) is 26.8 Å². The van der Waals surface area contributed by atoms with Gasteiger partial charge in [0.1, 0.15) is 11.5 Å². The molecule has 1 aliphatic carbocycles. The summed E-state index contributed by atoms with van der Waals surface area (Å²) in [6.45, 7) is 1.75. The van der Waals surface area contributed by atoms with Gasteiger partial charge in [0, 0.05) is 12.1 Å². The lowest BCUT2D eigenvalue weighted by Crippen LogP contribution is -2.50. The second-order valence-corrected chi connectivity index (χ2v) is 5.61. The standard InChI is InChI=1S/C14H19ClN2O3/c1-14(16,8-4-5-8)13(18)17-10-7-11(19-2)9(15)6-12(10)20-3/h6-8H,4-5,16H2,1-3H3,(H,17,18). The van der Waals surface area contributed by atoms with Crippen molar-refractivity contribution in [2.45, 2.75) is 25.3 Å². The van der Waals surface area contributed by atoms with E-state index < -0.39 is 5.54 Å². The van der Waals surface area contributed by atoms with Crippen molar-refractivity contribution in [1.82, 2.24) is 0 Å². The van der Waals surface area contributed by atoms with E-state index in [1.807, 2.05) is 0 Å². The zero-order valence-corrected chi connectivity index (χ0v) is 12.6. The summed E-state index contributed by atoms with van der Waals surface area (Å²) in [7, 11) is 3.02. The zero-order chi connectivity index (χ0) is 14.9. The molecule has 0 heterocycles. The van der Waals surface area contributed by atoms with Gasteiger partial charge in [0.25, 0.3) is 0 Å². The summed E-state index contributed by atoms with van der Waals surface area (Å²) in [6.07, 6.45) is 1.98. The number of carbonyl (C=O) groups excluding carboxylic acids is 1. The Balaban J connectivity index is 2.25. The Bertz CT molecular complexity index is 527. The molecule has 1 saturated carbocycles. The zero-order valence-electron chi connectivity index (χ0n) is 11.8. The number of nitrogens with one attached hydrogen (secondary N) is 1. The second kappa shape index (κ2) is 5.50. The number of carbonyl (C=O) groups is 1. The van der Waals surface area contributed by atoms with Crippen molar-refractivity contribution < 1.29 is 14.3 Å². The van der Waals surface area contributed by atoms with Crippen LogP contribution in [0.4, 0.5) is 5.69 Å².